The molecule has 2 N–H and O–H groups in total. The molecule has 26 heavy (non-hydrogen) atoms. The molecule has 0 aliphatic heterocycles. The van der Waals surface area contributed by atoms with Crippen molar-refractivity contribution >= 4 is 17.4 Å². The summed E-state index contributed by atoms with van der Waals surface area (Å²) < 4.78 is 39.9. The quantitative estimate of drug-likeness (QED) is 0.667. The Kier molecular flexibility index (Phi) is 5.17. The first kappa shape index (κ1) is 17.5. The summed E-state index contributed by atoms with van der Waals surface area (Å²) in [5.74, 6) is -4.62. The van der Waals surface area contributed by atoms with E-state index in [0.29, 0.717) is 12.4 Å². The molecule has 1 amide bonds. The van der Waals surface area contributed by atoms with Crippen molar-refractivity contribution in [2.75, 3.05) is 10.6 Å². The van der Waals surface area contributed by atoms with Gasteiger partial charge in [0.05, 0.1) is 5.69 Å². The lowest BCUT2D eigenvalue weighted by molar-refractivity contribution is 0.102. The topological polar surface area (TPSA) is 54.0 Å². The number of pyridine rings is 1. The fourth-order valence-electron chi connectivity index (χ4n) is 2.27. The Bertz CT molecular complexity index is 933. The van der Waals surface area contributed by atoms with E-state index in [1.807, 2.05) is 30.3 Å². The Hall–Kier alpha value is -3.35. The highest BCUT2D eigenvalue weighted by molar-refractivity contribution is 6.04. The summed E-state index contributed by atoms with van der Waals surface area (Å²) in [5, 5.41) is 5.29. The van der Waals surface area contributed by atoms with Crippen molar-refractivity contribution in [1.29, 1.82) is 0 Å². The number of carbonyl (C=O) groups excluding carboxylic acids is 1. The van der Waals surface area contributed by atoms with E-state index in [1.54, 1.807) is 0 Å². The molecule has 1 aromatic heterocycles. The molecule has 0 bridgehead atoms. The Labute approximate surface area is 147 Å². The summed E-state index contributed by atoms with van der Waals surface area (Å²) in [5.41, 5.74) is 0.789. The second-order valence-electron chi connectivity index (χ2n) is 5.45. The fraction of sp³-hybridized carbons (Fsp3) is 0.0526. The SMILES string of the molecule is O=C(Nc1ccc(F)c(F)c1F)c1ccnc(NCc2ccccc2)c1. The molecule has 3 aromatic rings. The van der Waals surface area contributed by atoms with Crippen LogP contribution in [0.25, 0.3) is 0 Å². The molecule has 0 aliphatic rings. The lowest BCUT2D eigenvalue weighted by atomic mass is 10.2. The Morgan fingerprint density at radius 1 is 0.962 bits per heavy atom. The van der Waals surface area contributed by atoms with Crippen molar-refractivity contribution in [3.8, 4) is 0 Å². The molecule has 0 unspecified atom stereocenters. The van der Waals surface area contributed by atoms with Gasteiger partial charge in [-0.05, 0) is 29.8 Å². The van der Waals surface area contributed by atoms with E-state index in [1.165, 1.54) is 18.3 Å². The van der Waals surface area contributed by atoms with Gasteiger partial charge in [0.25, 0.3) is 5.91 Å². The molecule has 0 fully saturated rings. The largest absolute Gasteiger partial charge is 0.366 e. The first-order chi connectivity index (χ1) is 12.5. The summed E-state index contributed by atoms with van der Waals surface area (Å²) in [7, 11) is 0. The third kappa shape index (κ3) is 4.00. The molecule has 1 heterocycles. The number of hydrogen-bond donors (Lipinski definition) is 2. The van der Waals surface area contributed by atoms with Crippen LogP contribution in [-0.4, -0.2) is 10.9 Å². The maximum atomic E-state index is 13.7. The smallest absolute Gasteiger partial charge is 0.255 e. The van der Waals surface area contributed by atoms with Crippen molar-refractivity contribution in [3.05, 3.63) is 89.4 Å². The van der Waals surface area contributed by atoms with Crippen LogP contribution >= 0.6 is 0 Å². The van der Waals surface area contributed by atoms with Gasteiger partial charge in [0.15, 0.2) is 17.5 Å². The van der Waals surface area contributed by atoms with Crippen LogP contribution in [0.2, 0.25) is 0 Å². The lowest BCUT2D eigenvalue weighted by Crippen LogP contribution is -2.14. The molecule has 7 heteroatoms. The van der Waals surface area contributed by atoms with E-state index in [0.717, 1.165) is 17.7 Å². The van der Waals surface area contributed by atoms with Crippen LogP contribution in [0, 0.1) is 17.5 Å². The average molecular weight is 357 g/mol. The number of aromatic nitrogens is 1. The molecule has 3 rings (SSSR count). The summed E-state index contributed by atoms with van der Waals surface area (Å²) in [6.07, 6.45) is 1.42. The van der Waals surface area contributed by atoms with E-state index >= 15 is 0 Å². The highest BCUT2D eigenvalue weighted by atomic mass is 19.2. The first-order valence-corrected chi connectivity index (χ1v) is 7.73. The summed E-state index contributed by atoms with van der Waals surface area (Å²) >= 11 is 0. The average Bonchev–Trinajstić information content (AvgIpc) is 2.68. The standard InChI is InChI=1S/C19H14F3N3O/c20-14-6-7-15(18(22)17(14)21)25-19(26)13-8-9-23-16(10-13)24-11-12-4-2-1-3-5-12/h1-10H,11H2,(H,23,24)(H,25,26). The third-order valence-electron chi connectivity index (χ3n) is 3.62. The van der Waals surface area contributed by atoms with Gasteiger partial charge in [-0.1, -0.05) is 30.3 Å². The molecule has 132 valence electrons. The Morgan fingerprint density at radius 2 is 1.73 bits per heavy atom. The van der Waals surface area contributed by atoms with Crippen LogP contribution in [-0.2, 0) is 6.54 Å². The summed E-state index contributed by atoms with van der Waals surface area (Å²) in [6.45, 7) is 0.511. The van der Waals surface area contributed by atoms with Crippen LogP contribution in [0.1, 0.15) is 15.9 Å². The number of nitrogens with zero attached hydrogens (tertiary/aromatic N) is 1. The van der Waals surface area contributed by atoms with Gasteiger partial charge >= 0.3 is 0 Å². The number of halogens is 3. The van der Waals surface area contributed by atoms with Crippen LogP contribution in [0.5, 0.6) is 0 Å². The highest BCUT2D eigenvalue weighted by Crippen LogP contribution is 2.20. The molecular weight excluding hydrogens is 343 g/mol. The van der Waals surface area contributed by atoms with Crippen molar-refractivity contribution in [2.45, 2.75) is 6.54 Å². The van der Waals surface area contributed by atoms with Gasteiger partial charge in [-0.15, -0.1) is 0 Å². The predicted octanol–water partition coefficient (Wildman–Crippen LogP) is 4.36. The van der Waals surface area contributed by atoms with E-state index < -0.39 is 29.0 Å². The molecule has 0 radical (unpaired) electrons. The molecule has 0 atom stereocenters. The van der Waals surface area contributed by atoms with E-state index in [4.69, 9.17) is 0 Å². The first-order valence-electron chi connectivity index (χ1n) is 7.73. The van der Waals surface area contributed by atoms with Crippen LogP contribution in [0.15, 0.2) is 60.8 Å². The van der Waals surface area contributed by atoms with Gasteiger partial charge in [-0.2, -0.15) is 0 Å². The van der Waals surface area contributed by atoms with Gasteiger partial charge in [-0.3, -0.25) is 4.79 Å². The van der Waals surface area contributed by atoms with Crippen molar-refractivity contribution < 1.29 is 18.0 Å². The maximum Gasteiger partial charge on any atom is 0.255 e. The van der Waals surface area contributed by atoms with Crippen LogP contribution in [0.4, 0.5) is 24.7 Å². The molecule has 0 saturated heterocycles. The summed E-state index contributed by atoms with van der Waals surface area (Å²) in [6, 6.07) is 14.2. The molecule has 0 saturated carbocycles. The Morgan fingerprint density at radius 3 is 2.50 bits per heavy atom. The lowest BCUT2D eigenvalue weighted by Gasteiger charge is -2.09. The minimum Gasteiger partial charge on any atom is -0.366 e. The number of carbonyl (C=O) groups is 1. The van der Waals surface area contributed by atoms with Crippen molar-refractivity contribution in [1.82, 2.24) is 4.98 Å². The van der Waals surface area contributed by atoms with Crippen molar-refractivity contribution in [3.63, 3.8) is 0 Å². The normalized spacial score (nSPS) is 10.4. The minimum absolute atomic E-state index is 0.194. The maximum absolute atomic E-state index is 13.7. The van der Waals surface area contributed by atoms with E-state index in [2.05, 4.69) is 15.6 Å². The molecular formula is C19H14F3N3O. The van der Waals surface area contributed by atoms with E-state index in [9.17, 15) is 18.0 Å². The van der Waals surface area contributed by atoms with Crippen LogP contribution in [0.3, 0.4) is 0 Å². The van der Waals surface area contributed by atoms with Gasteiger partial charge in [0.1, 0.15) is 5.82 Å². The zero-order chi connectivity index (χ0) is 18.5. The molecule has 0 aliphatic carbocycles. The number of benzene rings is 2. The van der Waals surface area contributed by atoms with Gasteiger partial charge in [0, 0.05) is 18.3 Å². The van der Waals surface area contributed by atoms with Gasteiger partial charge in [0.2, 0.25) is 0 Å². The van der Waals surface area contributed by atoms with Crippen LogP contribution < -0.4 is 10.6 Å². The van der Waals surface area contributed by atoms with Gasteiger partial charge < -0.3 is 10.6 Å². The number of anilines is 2. The minimum atomic E-state index is -1.64. The monoisotopic (exact) mass is 357 g/mol. The second kappa shape index (κ2) is 7.69. The molecule has 4 nitrogen and oxygen atoms in total. The summed E-state index contributed by atoms with van der Waals surface area (Å²) in [4.78, 5) is 16.4. The van der Waals surface area contributed by atoms with Crippen molar-refractivity contribution in [2.24, 2.45) is 0 Å². The molecule has 2 aromatic carbocycles. The number of rotatable bonds is 5. The fourth-order valence-corrected chi connectivity index (χ4v) is 2.27. The molecule has 0 spiro atoms. The van der Waals surface area contributed by atoms with E-state index in [-0.39, 0.29) is 5.56 Å². The Balaban J connectivity index is 1.71. The third-order valence-corrected chi connectivity index (χ3v) is 3.62. The zero-order valence-electron chi connectivity index (χ0n) is 13.5. The number of nitrogens with one attached hydrogen (secondary N) is 2. The number of amides is 1. The highest BCUT2D eigenvalue weighted by Gasteiger charge is 2.16. The predicted molar refractivity (Wildman–Crippen MR) is 92.3 cm³/mol. The number of hydrogen-bond acceptors (Lipinski definition) is 3. The zero-order valence-corrected chi connectivity index (χ0v) is 13.5. The second-order valence-corrected chi connectivity index (χ2v) is 5.45. The van der Waals surface area contributed by atoms with Gasteiger partial charge in [-0.25, -0.2) is 18.2 Å².